The molecule has 4 rings (SSSR count). The maximum atomic E-state index is 14.3. The highest BCUT2D eigenvalue weighted by Gasteiger charge is 2.35. The molecule has 1 aliphatic rings. The number of sulfonamides is 1. The highest BCUT2D eigenvalue weighted by atomic mass is 35.5. The number of ether oxygens (including phenoxy) is 1. The smallest absolute Gasteiger partial charge is 0.264 e. The van der Waals surface area contributed by atoms with Crippen molar-refractivity contribution in [3.63, 3.8) is 0 Å². The van der Waals surface area contributed by atoms with Gasteiger partial charge in [-0.25, -0.2) is 8.42 Å². The van der Waals surface area contributed by atoms with Crippen molar-refractivity contribution >= 4 is 50.7 Å². The standard InChI is InChI=1S/C31H35Cl2N3O5S/c1-3-29(31(38)34-22-11-7-8-12-22)35(20-26-27(32)17-10-18-28(26)33)30(37)21-36(23-13-9-14-24(19-23)41-2)42(39,40)25-15-5-4-6-16-25/h4-6,9-10,13-19,22,29H,3,7-8,11-12,20-21H2,1-2H3,(H,34,38)/t29-/m1/s1. The van der Waals surface area contributed by atoms with Crippen molar-refractivity contribution in [3.8, 4) is 5.75 Å². The van der Waals surface area contributed by atoms with Gasteiger partial charge in [-0.05, 0) is 55.7 Å². The summed E-state index contributed by atoms with van der Waals surface area (Å²) in [5.74, 6) is -0.447. The lowest BCUT2D eigenvalue weighted by Gasteiger charge is -2.34. The number of carbonyl (C=O) groups is 2. The molecule has 1 aliphatic carbocycles. The highest BCUT2D eigenvalue weighted by molar-refractivity contribution is 7.92. The fourth-order valence-corrected chi connectivity index (χ4v) is 7.10. The summed E-state index contributed by atoms with van der Waals surface area (Å²) in [7, 11) is -2.71. The van der Waals surface area contributed by atoms with Gasteiger partial charge in [0.05, 0.1) is 17.7 Å². The summed E-state index contributed by atoms with van der Waals surface area (Å²) >= 11 is 13.0. The predicted molar refractivity (Wildman–Crippen MR) is 165 cm³/mol. The van der Waals surface area contributed by atoms with E-state index in [0.717, 1.165) is 30.0 Å². The minimum Gasteiger partial charge on any atom is -0.497 e. The molecular weight excluding hydrogens is 597 g/mol. The van der Waals surface area contributed by atoms with E-state index in [1.165, 1.54) is 24.1 Å². The molecule has 0 radical (unpaired) electrons. The third-order valence-electron chi connectivity index (χ3n) is 7.43. The van der Waals surface area contributed by atoms with Crippen molar-refractivity contribution in [2.75, 3.05) is 18.0 Å². The largest absolute Gasteiger partial charge is 0.497 e. The molecule has 2 amide bonds. The van der Waals surface area contributed by atoms with Crippen molar-refractivity contribution in [1.29, 1.82) is 0 Å². The molecule has 224 valence electrons. The van der Waals surface area contributed by atoms with Crippen LogP contribution in [0.5, 0.6) is 5.75 Å². The molecule has 0 heterocycles. The van der Waals surface area contributed by atoms with E-state index in [0.29, 0.717) is 27.8 Å². The first kappa shape index (κ1) is 31.7. The van der Waals surface area contributed by atoms with E-state index in [2.05, 4.69) is 5.32 Å². The molecule has 0 saturated heterocycles. The molecule has 3 aromatic carbocycles. The first-order valence-corrected chi connectivity index (χ1v) is 16.1. The molecular formula is C31H35Cl2N3O5S. The van der Waals surface area contributed by atoms with Crippen LogP contribution in [-0.2, 0) is 26.2 Å². The van der Waals surface area contributed by atoms with Gasteiger partial charge in [0.1, 0.15) is 18.3 Å². The molecule has 0 unspecified atom stereocenters. The third-order valence-corrected chi connectivity index (χ3v) is 9.93. The number of nitrogens with zero attached hydrogens (tertiary/aromatic N) is 2. The van der Waals surface area contributed by atoms with E-state index in [9.17, 15) is 18.0 Å². The Morgan fingerprint density at radius 1 is 0.976 bits per heavy atom. The number of nitrogens with one attached hydrogen (secondary N) is 1. The highest BCUT2D eigenvalue weighted by Crippen LogP contribution is 2.30. The molecule has 3 aromatic rings. The van der Waals surface area contributed by atoms with Gasteiger partial charge in [-0.2, -0.15) is 0 Å². The van der Waals surface area contributed by atoms with Gasteiger partial charge in [0, 0.05) is 34.3 Å². The average molecular weight is 633 g/mol. The van der Waals surface area contributed by atoms with Crippen molar-refractivity contribution in [1.82, 2.24) is 10.2 Å². The van der Waals surface area contributed by atoms with Crippen molar-refractivity contribution in [2.24, 2.45) is 0 Å². The lowest BCUT2D eigenvalue weighted by Crippen LogP contribution is -2.53. The fraction of sp³-hybridized carbons (Fsp3) is 0.355. The Kier molecular flexibility index (Phi) is 10.8. The number of benzene rings is 3. The van der Waals surface area contributed by atoms with Crippen molar-refractivity contribution < 1.29 is 22.7 Å². The number of hydrogen-bond donors (Lipinski definition) is 1. The first-order valence-electron chi connectivity index (χ1n) is 13.9. The van der Waals surface area contributed by atoms with Crippen LogP contribution >= 0.6 is 23.2 Å². The second kappa shape index (κ2) is 14.3. The SMILES string of the molecule is CC[C@H](C(=O)NC1CCCC1)N(Cc1c(Cl)cccc1Cl)C(=O)CN(c1cccc(OC)c1)S(=O)(=O)c1ccccc1. The van der Waals surface area contributed by atoms with Crippen molar-refractivity contribution in [2.45, 2.75) is 62.6 Å². The molecule has 8 nitrogen and oxygen atoms in total. The van der Waals surface area contributed by atoms with E-state index < -0.39 is 28.5 Å². The number of carbonyl (C=O) groups excluding carboxylic acids is 2. The molecule has 1 atom stereocenters. The Balaban J connectivity index is 1.75. The Labute approximate surface area is 257 Å². The van der Waals surface area contributed by atoms with Crippen LogP contribution in [-0.4, -0.2) is 50.9 Å². The third kappa shape index (κ3) is 7.38. The lowest BCUT2D eigenvalue weighted by atomic mass is 10.1. The Morgan fingerprint density at radius 3 is 2.24 bits per heavy atom. The maximum absolute atomic E-state index is 14.3. The fourth-order valence-electron chi connectivity index (χ4n) is 5.15. The summed E-state index contributed by atoms with van der Waals surface area (Å²) in [6.45, 7) is 1.17. The molecule has 0 aliphatic heterocycles. The van der Waals surface area contributed by atoms with Gasteiger partial charge in [0.15, 0.2) is 0 Å². The molecule has 42 heavy (non-hydrogen) atoms. The minimum atomic E-state index is -4.19. The zero-order valence-electron chi connectivity index (χ0n) is 23.6. The van der Waals surface area contributed by atoms with Gasteiger partial charge in [-0.3, -0.25) is 13.9 Å². The molecule has 1 N–H and O–H groups in total. The number of methoxy groups -OCH3 is 1. The van der Waals surface area contributed by atoms with Gasteiger partial charge in [-0.1, -0.05) is 73.3 Å². The monoisotopic (exact) mass is 631 g/mol. The molecule has 11 heteroatoms. The quantitative estimate of drug-likeness (QED) is 0.262. The number of hydrogen-bond acceptors (Lipinski definition) is 5. The molecule has 0 aromatic heterocycles. The Bertz CT molecular complexity index is 1480. The zero-order chi connectivity index (χ0) is 30.3. The lowest BCUT2D eigenvalue weighted by molar-refractivity contribution is -0.140. The topological polar surface area (TPSA) is 96.0 Å². The van der Waals surface area contributed by atoms with Crippen LogP contribution < -0.4 is 14.4 Å². The summed E-state index contributed by atoms with van der Waals surface area (Å²) in [6, 6.07) is 18.5. The summed E-state index contributed by atoms with van der Waals surface area (Å²) < 4.78 is 34.3. The number of anilines is 1. The number of amides is 2. The maximum Gasteiger partial charge on any atom is 0.264 e. The van der Waals surface area contributed by atoms with Gasteiger partial charge in [0.25, 0.3) is 10.0 Å². The van der Waals surface area contributed by atoms with Gasteiger partial charge >= 0.3 is 0 Å². The first-order chi connectivity index (χ1) is 20.1. The molecule has 0 bridgehead atoms. The summed E-state index contributed by atoms with van der Waals surface area (Å²) in [4.78, 5) is 29.2. The van der Waals surface area contributed by atoms with E-state index >= 15 is 0 Å². The van der Waals surface area contributed by atoms with E-state index in [1.807, 2.05) is 6.92 Å². The summed E-state index contributed by atoms with van der Waals surface area (Å²) in [5, 5.41) is 3.77. The van der Waals surface area contributed by atoms with Gasteiger partial charge < -0.3 is 15.0 Å². The molecule has 1 saturated carbocycles. The van der Waals surface area contributed by atoms with Gasteiger partial charge in [-0.15, -0.1) is 0 Å². The minimum absolute atomic E-state index is 0.0207. The normalized spacial score (nSPS) is 14.3. The molecule has 1 fully saturated rings. The van der Waals surface area contributed by atoms with Crippen LogP contribution in [0.3, 0.4) is 0 Å². The summed E-state index contributed by atoms with van der Waals surface area (Å²) in [5.41, 5.74) is 0.714. The zero-order valence-corrected chi connectivity index (χ0v) is 26.0. The molecule has 0 spiro atoms. The van der Waals surface area contributed by atoms with Crippen LogP contribution in [0.2, 0.25) is 10.0 Å². The predicted octanol–water partition coefficient (Wildman–Crippen LogP) is 6.06. The van der Waals surface area contributed by atoms with E-state index in [-0.39, 0.29) is 29.1 Å². The summed E-state index contributed by atoms with van der Waals surface area (Å²) in [6.07, 6.45) is 4.13. The van der Waals surface area contributed by atoms with Gasteiger partial charge in [0.2, 0.25) is 11.8 Å². The second-order valence-electron chi connectivity index (χ2n) is 10.2. The Hall–Kier alpha value is -3.27. The van der Waals surface area contributed by atoms with Crippen LogP contribution in [0.25, 0.3) is 0 Å². The number of rotatable bonds is 12. The van der Waals surface area contributed by atoms with Crippen LogP contribution in [0.4, 0.5) is 5.69 Å². The van der Waals surface area contributed by atoms with E-state index in [1.54, 1.807) is 60.7 Å². The second-order valence-corrected chi connectivity index (χ2v) is 12.8. The van der Waals surface area contributed by atoms with E-state index in [4.69, 9.17) is 27.9 Å². The number of halogens is 2. The average Bonchev–Trinajstić information content (AvgIpc) is 3.50. The van der Waals surface area contributed by atoms with Crippen LogP contribution in [0.15, 0.2) is 77.7 Å². The van der Waals surface area contributed by atoms with Crippen LogP contribution in [0, 0.1) is 0 Å². The van der Waals surface area contributed by atoms with Crippen molar-refractivity contribution in [3.05, 3.63) is 88.4 Å². The van der Waals surface area contributed by atoms with Crippen LogP contribution in [0.1, 0.15) is 44.6 Å². The Morgan fingerprint density at radius 2 is 1.62 bits per heavy atom.